The number of ether oxygens (including phenoxy) is 2. The maximum atomic E-state index is 9.81. The Bertz CT molecular complexity index is 467. The molecule has 1 aromatic carbocycles. The number of aliphatic hydroxyl groups is 1. The van der Waals surface area contributed by atoms with Crippen molar-refractivity contribution in [2.24, 2.45) is 5.92 Å². The third-order valence-electron chi connectivity index (χ3n) is 3.93. The Labute approximate surface area is 131 Å². The Morgan fingerprint density at radius 1 is 1.38 bits per heavy atom. The second kappa shape index (κ2) is 7.87. The van der Waals surface area contributed by atoms with E-state index < -0.39 is 0 Å². The zero-order valence-corrected chi connectivity index (χ0v) is 13.4. The summed E-state index contributed by atoms with van der Waals surface area (Å²) in [6, 6.07) is 3.84. The SMILES string of the molecule is CCOc1c(Cl)cc(CNCC2CCCC2O)cc1OC. The van der Waals surface area contributed by atoms with Crippen molar-refractivity contribution in [1.82, 2.24) is 5.32 Å². The standard InChI is InChI=1S/C16H24ClNO3/c1-3-21-16-13(17)7-11(8-15(16)20-2)9-18-10-12-5-4-6-14(12)19/h7-8,12,14,18-19H,3-6,9-10H2,1-2H3. The quantitative estimate of drug-likeness (QED) is 0.812. The van der Waals surface area contributed by atoms with E-state index in [1.165, 1.54) is 0 Å². The van der Waals surface area contributed by atoms with Crippen molar-refractivity contribution in [1.29, 1.82) is 0 Å². The fourth-order valence-electron chi connectivity index (χ4n) is 2.82. The number of halogens is 1. The van der Waals surface area contributed by atoms with Crippen LogP contribution >= 0.6 is 11.6 Å². The fraction of sp³-hybridized carbons (Fsp3) is 0.625. The minimum absolute atomic E-state index is 0.157. The smallest absolute Gasteiger partial charge is 0.179 e. The lowest BCUT2D eigenvalue weighted by molar-refractivity contribution is 0.131. The van der Waals surface area contributed by atoms with Gasteiger partial charge in [0.1, 0.15) is 0 Å². The second-order valence-corrected chi connectivity index (χ2v) is 5.84. The molecular formula is C16H24ClNO3. The molecule has 0 saturated heterocycles. The van der Waals surface area contributed by atoms with Crippen molar-refractivity contribution < 1.29 is 14.6 Å². The average molecular weight is 314 g/mol. The summed E-state index contributed by atoms with van der Waals surface area (Å²) in [5.41, 5.74) is 1.05. The zero-order valence-electron chi connectivity index (χ0n) is 12.7. The largest absolute Gasteiger partial charge is 0.493 e. The van der Waals surface area contributed by atoms with Crippen molar-refractivity contribution in [2.45, 2.75) is 38.8 Å². The van der Waals surface area contributed by atoms with Gasteiger partial charge in [-0.15, -0.1) is 0 Å². The van der Waals surface area contributed by atoms with E-state index in [1.807, 2.05) is 19.1 Å². The second-order valence-electron chi connectivity index (χ2n) is 5.43. The summed E-state index contributed by atoms with van der Waals surface area (Å²) in [7, 11) is 1.61. The van der Waals surface area contributed by atoms with Gasteiger partial charge in [0, 0.05) is 13.1 Å². The van der Waals surface area contributed by atoms with Crippen LogP contribution in [0.4, 0.5) is 0 Å². The number of rotatable bonds is 7. The van der Waals surface area contributed by atoms with Crippen LogP contribution in [0.2, 0.25) is 5.02 Å². The monoisotopic (exact) mass is 313 g/mol. The van der Waals surface area contributed by atoms with E-state index in [2.05, 4.69) is 5.32 Å². The Kier molecular flexibility index (Phi) is 6.15. The van der Waals surface area contributed by atoms with E-state index in [4.69, 9.17) is 21.1 Å². The molecule has 0 radical (unpaired) electrons. The Morgan fingerprint density at radius 2 is 2.19 bits per heavy atom. The summed E-state index contributed by atoms with van der Waals surface area (Å²) in [5, 5.41) is 13.8. The lowest BCUT2D eigenvalue weighted by Crippen LogP contribution is -2.27. The molecule has 1 fully saturated rings. The molecular weight excluding hydrogens is 290 g/mol. The highest BCUT2D eigenvalue weighted by Gasteiger charge is 2.24. The minimum Gasteiger partial charge on any atom is -0.493 e. The summed E-state index contributed by atoms with van der Waals surface area (Å²) in [6.07, 6.45) is 2.99. The van der Waals surface area contributed by atoms with Gasteiger partial charge in [-0.2, -0.15) is 0 Å². The first kappa shape index (κ1) is 16.4. The van der Waals surface area contributed by atoms with Crippen LogP contribution in [0.15, 0.2) is 12.1 Å². The fourth-order valence-corrected chi connectivity index (χ4v) is 3.10. The van der Waals surface area contributed by atoms with Crippen LogP contribution in [0.3, 0.4) is 0 Å². The van der Waals surface area contributed by atoms with Crippen LogP contribution < -0.4 is 14.8 Å². The van der Waals surface area contributed by atoms with E-state index in [0.717, 1.165) is 31.4 Å². The van der Waals surface area contributed by atoms with Gasteiger partial charge < -0.3 is 19.9 Å². The minimum atomic E-state index is -0.157. The van der Waals surface area contributed by atoms with Gasteiger partial charge in [-0.3, -0.25) is 0 Å². The molecule has 2 rings (SSSR count). The molecule has 1 aromatic rings. The predicted octanol–water partition coefficient (Wildman–Crippen LogP) is 3.00. The molecule has 0 aliphatic heterocycles. The maximum absolute atomic E-state index is 9.81. The van der Waals surface area contributed by atoms with Gasteiger partial charge in [-0.05, 0) is 43.4 Å². The number of nitrogens with one attached hydrogen (secondary N) is 1. The Morgan fingerprint density at radius 3 is 2.81 bits per heavy atom. The van der Waals surface area contributed by atoms with Crippen molar-refractivity contribution in [3.05, 3.63) is 22.7 Å². The van der Waals surface area contributed by atoms with Crippen molar-refractivity contribution in [3.63, 3.8) is 0 Å². The van der Waals surface area contributed by atoms with E-state index in [-0.39, 0.29) is 6.10 Å². The van der Waals surface area contributed by atoms with E-state index in [0.29, 0.717) is 35.6 Å². The number of hydrogen-bond acceptors (Lipinski definition) is 4. The summed E-state index contributed by atoms with van der Waals surface area (Å²) < 4.78 is 10.8. The molecule has 0 amide bonds. The summed E-state index contributed by atoms with van der Waals surface area (Å²) in [5.74, 6) is 1.61. The zero-order chi connectivity index (χ0) is 15.2. The molecule has 0 heterocycles. The van der Waals surface area contributed by atoms with Gasteiger partial charge in [0.05, 0.1) is 24.8 Å². The lowest BCUT2D eigenvalue weighted by atomic mass is 10.1. The van der Waals surface area contributed by atoms with Gasteiger partial charge in [0.15, 0.2) is 11.5 Å². The topological polar surface area (TPSA) is 50.7 Å². The first-order valence-corrected chi connectivity index (χ1v) is 7.91. The molecule has 2 unspecified atom stereocenters. The van der Waals surface area contributed by atoms with Crippen LogP contribution in [0.1, 0.15) is 31.7 Å². The molecule has 1 saturated carbocycles. The molecule has 4 nitrogen and oxygen atoms in total. The third-order valence-corrected chi connectivity index (χ3v) is 4.21. The molecule has 0 spiro atoms. The van der Waals surface area contributed by atoms with E-state index in [9.17, 15) is 5.11 Å². The first-order chi connectivity index (χ1) is 10.2. The molecule has 0 aromatic heterocycles. The molecule has 1 aliphatic carbocycles. The summed E-state index contributed by atoms with van der Waals surface area (Å²) in [6.45, 7) is 3.99. The van der Waals surface area contributed by atoms with Crippen LogP contribution in [0.5, 0.6) is 11.5 Å². The van der Waals surface area contributed by atoms with E-state index in [1.54, 1.807) is 7.11 Å². The molecule has 0 bridgehead atoms. The summed E-state index contributed by atoms with van der Waals surface area (Å²) >= 11 is 6.25. The van der Waals surface area contributed by atoms with Crippen LogP contribution in [-0.4, -0.2) is 31.5 Å². The molecule has 2 N–H and O–H groups in total. The predicted molar refractivity (Wildman–Crippen MR) is 84.2 cm³/mol. The molecule has 5 heteroatoms. The normalized spacial score (nSPS) is 21.5. The van der Waals surface area contributed by atoms with Gasteiger partial charge in [-0.1, -0.05) is 18.0 Å². The third kappa shape index (κ3) is 4.25. The molecule has 2 atom stereocenters. The van der Waals surface area contributed by atoms with Crippen molar-refractivity contribution in [2.75, 3.05) is 20.3 Å². The highest BCUT2D eigenvalue weighted by atomic mass is 35.5. The molecule has 21 heavy (non-hydrogen) atoms. The average Bonchev–Trinajstić information content (AvgIpc) is 2.87. The summed E-state index contributed by atoms with van der Waals surface area (Å²) in [4.78, 5) is 0. The van der Waals surface area contributed by atoms with Gasteiger partial charge in [-0.25, -0.2) is 0 Å². The van der Waals surface area contributed by atoms with E-state index >= 15 is 0 Å². The Hall–Kier alpha value is -0.970. The van der Waals surface area contributed by atoms with Gasteiger partial charge >= 0.3 is 0 Å². The van der Waals surface area contributed by atoms with Crippen LogP contribution in [0, 0.1) is 5.92 Å². The van der Waals surface area contributed by atoms with Crippen molar-refractivity contribution >= 4 is 11.6 Å². The van der Waals surface area contributed by atoms with Crippen LogP contribution in [-0.2, 0) is 6.54 Å². The molecule has 1 aliphatic rings. The van der Waals surface area contributed by atoms with Gasteiger partial charge in [0.2, 0.25) is 0 Å². The van der Waals surface area contributed by atoms with Crippen LogP contribution in [0.25, 0.3) is 0 Å². The first-order valence-electron chi connectivity index (χ1n) is 7.53. The van der Waals surface area contributed by atoms with Crippen molar-refractivity contribution in [3.8, 4) is 11.5 Å². The number of aliphatic hydroxyl groups excluding tert-OH is 1. The lowest BCUT2D eigenvalue weighted by Gasteiger charge is -2.16. The number of hydrogen-bond donors (Lipinski definition) is 2. The highest BCUT2D eigenvalue weighted by molar-refractivity contribution is 6.32. The Balaban J connectivity index is 1.95. The number of benzene rings is 1. The highest BCUT2D eigenvalue weighted by Crippen LogP contribution is 2.36. The molecule has 118 valence electrons. The van der Waals surface area contributed by atoms with Gasteiger partial charge in [0.25, 0.3) is 0 Å². The maximum Gasteiger partial charge on any atom is 0.179 e. The number of methoxy groups -OCH3 is 1.